The first-order valence-electron chi connectivity index (χ1n) is 9.52. The highest BCUT2D eigenvalue weighted by molar-refractivity contribution is 7.09. The zero-order chi connectivity index (χ0) is 19.2. The molecule has 2 rings (SSSR count). The van der Waals surface area contributed by atoms with Gasteiger partial charge in [0.25, 0.3) is 0 Å². The molecule has 26 heavy (non-hydrogen) atoms. The maximum Gasteiger partial charge on any atom is 0.191 e. The second-order valence-corrected chi connectivity index (χ2v) is 9.02. The van der Waals surface area contributed by atoms with Gasteiger partial charge >= 0.3 is 0 Å². The van der Waals surface area contributed by atoms with Gasteiger partial charge in [-0.1, -0.05) is 34.6 Å². The largest absolute Gasteiger partial charge is 0.379 e. The molecule has 0 saturated carbocycles. The van der Waals surface area contributed by atoms with Gasteiger partial charge in [0.05, 0.1) is 30.5 Å². The van der Waals surface area contributed by atoms with Crippen LogP contribution in [0.25, 0.3) is 0 Å². The fourth-order valence-electron chi connectivity index (χ4n) is 3.02. The summed E-state index contributed by atoms with van der Waals surface area (Å²) < 4.78 is 5.49. The molecule has 1 aliphatic heterocycles. The Morgan fingerprint density at radius 1 is 1.31 bits per heavy atom. The highest BCUT2D eigenvalue weighted by Gasteiger charge is 2.24. The Morgan fingerprint density at radius 2 is 2.00 bits per heavy atom. The molecule has 0 radical (unpaired) electrons. The number of aliphatic imine (C=N–C) groups is 1. The molecule has 2 N–H and O–H groups in total. The van der Waals surface area contributed by atoms with E-state index in [9.17, 15) is 0 Å². The van der Waals surface area contributed by atoms with Gasteiger partial charge in [-0.3, -0.25) is 9.89 Å². The lowest BCUT2D eigenvalue weighted by molar-refractivity contribution is 0.00752. The van der Waals surface area contributed by atoms with Crippen LogP contribution >= 0.6 is 11.3 Å². The molecular weight excluding hydrogens is 346 g/mol. The summed E-state index contributed by atoms with van der Waals surface area (Å²) in [6.45, 7) is 16.4. The van der Waals surface area contributed by atoms with Gasteiger partial charge in [-0.05, 0) is 5.92 Å². The van der Waals surface area contributed by atoms with Crippen LogP contribution in [-0.2, 0) is 16.7 Å². The predicted molar refractivity (Wildman–Crippen MR) is 110 cm³/mol. The molecule has 0 bridgehead atoms. The average molecular weight is 382 g/mol. The molecule has 1 unspecified atom stereocenters. The topological polar surface area (TPSA) is 61.8 Å². The number of thiazole rings is 1. The summed E-state index contributed by atoms with van der Waals surface area (Å²) in [7, 11) is 1.82. The third-order valence-corrected chi connectivity index (χ3v) is 5.93. The standard InChI is InChI=1S/C19H35N5OS/c1-14(2)16(24-7-9-25-10-8-24)12-22-18(20-6)21-11-15-13-26-17(23-15)19(3,4)5/h13-14,16H,7-12H2,1-6H3,(H2,20,21,22). The molecule has 1 aliphatic rings. The second-order valence-electron chi connectivity index (χ2n) is 8.16. The van der Waals surface area contributed by atoms with E-state index in [1.54, 1.807) is 11.3 Å². The van der Waals surface area contributed by atoms with Crippen molar-refractivity contribution >= 4 is 17.3 Å². The molecule has 0 aliphatic carbocycles. The summed E-state index contributed by atoms with van der Waals surface area (Å²) in [6, 6.07) is 0.476. The van der Waals surface area contributed by atoms with E-state index in [-0.39, 0.29) is 5.41 Å². The van der Waals surface area contributed by atoms with Crippen molar-refractivity contribution in [2.75, 3.05) is 39.9 Å². The van der Waals surface area contributed by atoms with Crippen LogP contribution in [0.3, 0.4) is 0 Å². The maximum absolute atomic E-state index is 5.49. The lowest BCUT2D eigenvalue weighted by atomic mass is 9.98. The van der Waals surface area contributed by atoms with Crippen molar-refractivity contribution < 1.29 is 4.74 Å². The number of rotatable bonds is 6. The summed E-state index contributed by atoms with van der Waals surface area (Å²) >= 11 is 1.73. The van der Waals surface area contributed by atoms with Gasteiger partial charge in [-0.15, -0.1) is 11.3 Å². The molecule has 1 fully saturated rings. The Labute approximate surface area is 162 Å². The first-order valence-corrected chi connectivity index (χ1v) is 10.4. The van der Waals surface area contributed by atoms with Gasteiger partial charge < -0.3 is 15.4 Å². The number of morpholine rings is 1. The van der Waals surface area contributed by atoms with E-state index < -0.39 is 0 Å². The van der Waals surface area contributed by atoms with Crippen molar-refractivity contribution in [3.8, 4) is 0 Å². The summed E-state index contributed by atoms with van der Waals surface area (Å²) in [5, 5.41) is 10.2. The normalized spacial score (nSPS) is 18.2. The van der Waals surface area contributed by atoms with E-state index in [0.717, 1.165) is 44.5 Å². The number of ether oxygens (including phenoxy) is 1. The first-order chi connectivity index (χ1) is 12.3. The summed E-state index contributed by atoms with van der Waals surface area (Å²) in [5.41, 5.74) is 1.17. The predicted octanol–water partition coefficient (Wildman–Crippen LogP) is 2.46. The highest BCUT2D eigenvalue weighted by Crippen LogP contribution is 2.25. The molecule has 0 amide bonds. The molecule has 1 atom stereocenters. The number of guanidine groups is 1. The van der Waals surface area contributed by atoms with E-state index in [2.05, 4.69) is 60.5 Å². The summed E-state index contributed by atoms with van der Waals surface area (Å²) in [6.07, 6.45) is 0. The molecule has 1 aromatic rings. The van der Waals surface area contributed by atoms with Crippen LogP contribution in [0.1, 0.15) is 45.3 Å². The fourth-order valence-corrected chi connectivity index (χ4v) is 3.93. The Morgan fingerprint density at radius 3 is 2.54 bits per heavy atom. The first kappa shape index (κ1) is 21.1. The summed E-state index contributed by atoms with van der Waals surface area (Å²) in [4.78, 5) is 11.6. The van der Waals surface area contributed by atoms with Gasteiger partial charge in [0.1, 0.15) is 0 Å². The van der Waals surface area contributed by atoms with Crippen molar-refractivity contribution in [1.82, 2.24) is 20.5 Å². The van der Waals surface area contributed by atoms with Crippen molar-refractivity contribution in [3.05, 3.63) is 16.1 Å². The number of nitrogens with one attached hydrogen (secondary N) is 2. The van der Waals surface area contributed by atoms with E-state index in [1.165, 1.54) is 5.01 Å². The van der Waals surface area contributed by atoms with Crippen LogP contribution in [0, 0.1) is 5.92 Å². The summed E-state index contributed by atoms with van der Waals surface area (Å²) in [5.74, 6) is 1.40. The third kappa shape index (κ3) is 6.21. The average Bonchev–Trinajstić information content (AvgIpc) is 3.08. The van der Waals surface area contributed by atoms with Crippen molar-refractivity contribution in [1.29, 1.82) is 0 Å². The Kier molecular flexibility index (Phi) is 7.85. The van der Waals surface area contributed by atoms with Crippen molar-refractivity contribution in [3.63, 3.8) is 0 Å². The van der Waals surface area contributed by atoms with Crippen LogP contribution in [-0.4, -0.2) is 61.8 Å². The lowest BCUT2D eigenvalue weighted by Gasteiger charge is -2.37. The molecule has 148 valence electrons. The maximum atomic E-state index is 5.49. The van der Waals surface area contributed by atoms with Crippen molar-refractivity contribution in [2.45, 2.75) is 52.6 Å². The zero-order valence-electron chi connectivity index (χ0n) is 17.1. The quantitative estimate of drug-likeness (QED) is 0.585. The molecule has 7 heteroatoms. The Balaban J connectivity index is 1.85. The minimum Gasteiger partial charge on any atom is -0.379 e. The van der Waals surface area contributed by atoms with Crippen LogP contribution < -0.4 is 10.6 Å². The second kappa shape index (κ2) is 9.67. The molecule has 0 aromatic carbocycles. The molecular formula is C19H35N5OS. The number of nitrogens with zero attached hydrogens (tertiary/aromatic N) is 3. The monoisotopic (exact) mass is 381 g/mol. The Hall–Kier alpha value is -1.18. The van der Waals surface area contributed by atoms with E-state index in [4.69, 9.17) is 9.72 Å². The lowest BCUT2D eigenvalue weighted by Crippen LogP contribution is -2.52. The Bertz CT molecular complexity index is 573. The number of hydrogen-bond donors (Lipinski definition) is 2. The van der Waals surface area contributed by atoms with Gasteiger partial charge in [-0.25, -0.2) is 4.98 Å². The molecule has 0 spiro atoms. The van der Waals surface area contributed by atoms with E-state index in [0.29, 0.717) is 18.5 Å². The molecule has 1 saturated heterocycles. The van der Waals surface area contributed by atoms with Gasteiger partial charge in [0.2, 0.25) is 0 Å². The number of hydrogen-bond acceptors (Lipinski definition) is 5. The van der Waals surface area contributed by atoms with Crippen LogP contribution in [0.15, 0.2) is 10.4 Å². The SMILES string of the molecule is CN=C(NCc1csc(C(C)(C)C)n1)NCC(C(C)C)N1CCOCC1. The molecule has 2 heterocycles. The van der Waals surface area contributed by atoms with E-state index >= 15 is 0 Å². The minimum absolute atomic E-state index is 0.103. The van der Waals surface area contributed by atoms with Gasteiger partial charge in [-0.2, -0.15) is 0 Å². The van der Waals surface area contributed by atoms with Crippen LogP contribution in [0.4, 0.5) is 0 Å². The van der Waals surface area contributed by atoms with Crippen molar-refractivity contribution in [2.24, 2.45) is 10.9 Å². The minimum atomic E-state index is 0.103. The fraction of sp³-hybridized carbons (Fsp3) is 0.789. The smallest absolute Gasteiger partial charge is 0.191 e. The highest BCUT2D eigenvalue weighted by atomic mass is 32.1. The van der Waals surface area contributed by atoms with Gasteiger partial charge in [0, 0.05) is 43.5 Å². The molecule has 6 nitrogen and oxygen atoms in total. The zero-order valence-corrected chi connectivity index (χ0v) is 17.9. The van der Waals surface area contributed by atoms with Crippen LogP contribution in [0.2, 0.25) is 0 Å². The third-order valence-electron chi connectivity index (χ3n) is 4.62. The molecule has 1 aromatic heterocycles. The van der Waals surface area contributed by atoms with Gasteiger partial charge in [0.15, 0.2) is 5.96 Å². The van der Waals surface area contributed by atoms with E-state index in [1.807, 2.05) is 7.05 Å². The number of aromatic nitrogens is 1. The van der Waals surface area contributed by atoms with Crippen LogP contribution in [0.5, 0.6) is 0 Å².